The molecule has 0 saturated carbocycles. The first kappa shape index (κ1) is 18.8. The number of aryl methyl sites for hydroxylation is 1. The van der Waals surface area contributed by atoms with Crippen LogP contribution in [0.4, 0.5) is 5.69 Å². The summed E-state index contributed by atoms with van der Waals surface area (Å²) in [5, 5.41) is 19.7. The van der Waals surface area contributed by atoms with Gasteiger partial charge < -0.3 is 16.2 Å². The second-order valence-corrected chi connectivity index (χ2v) is 6.34. The average Bonchev–Trinajstić information content (AvgIpc) is 2.68. The number of carbonyl (C=O) groups excluding carboxylic acids is 1. The van der Waals surface area contributed by atoms with E-state index in [4.69, 9.17) is 11.1 Å². The van der Waals surface area contributed by atoms with Crippen LogP contribution in [0.1, 0.15) is 31.8 Å². The summed E-state index contributed by atoms with van der Waals surface area (Å²) < 4.78 is 0. The van der Waals surface area contributed by atoms with E-state index in [1.54, 1.807) is 66.7 Å². The molecule has 6 heteroatoms. The summed E-state index contributed by atoms with van der Waals surface area (Å²) in [6, 6.07) is 18.5. The molecule has 0 spiro atoms. The number of rotatable bonds is 5. The van der Waals surface area contributed by atoms with Gasteiger partial charge in [0.25, 0.3) is 5.91 Å². The number of hydrogen-bond acceptors (Lipinski definition) is 3. The van der Waals surface area contributed by atoms with E-state index in [2.05, 4.69) is 5.32 Å². The third-order valence-electron chi connectivity index (χ3n) is 4.32. The van der Waals surface area contributed by atoms with Crippen LogP contribution in [0.3, 0.4) is 0 Å². The van der Waals surface area contributed by atoms with Crippen molar-refractivity contribution in [3.8, 4) is 11.1 Å². The Hall–Kier alpha value is -3.93. The molecule has 0 saturated heterocycles. The van der Waals surface area contributed by atoms with E-state index in [0.717, 1.165) is 5.56 Å². The van der Waals surface area contributed by atoms with Crippen LogP contribution in [0.2, 0.25) is 0 Å². The van der Waals surface area contributed by atoms with Gasteiger partial charge >= 0.3 is 5.97 Å². The van der Waals surface area contributed by atoms with Gasteiger partial charge in [-0.25, -0.2) is 4.79 Å². The second-order valence-electron chi connectivity index (χ2n) is 6.34. The number of hydrogen-bond donors (Lipinski definition) is 4. The van der Waals surface area contributed by atoms with E-state index in [0.29, 0.717) is 27.9 Å². The predicted molar refractivity (Wildman–Crippen MR) is 109 cm³/mol. The first-order chi connectivity index (χ1) is 13.4. The maximum absolute atomic E-state index is 12.9. The largest absolute Gasteiger partial charge is 0.478 e. The molecule has 0 aliphatic carbocycles. The molecule has 0 aliphatic rings. The average molecular weight is 373 g/mol. The van der Waals surface area contributed by atoms with Crippen LogP contribution >= 0.6 is 0 Å². The zero-order valence-electron chi connectivity index (χ0n) is 15.2. The molecule has 0 unspecified atom stereocenters. The quantitative estimate of drug-likeness (QED) is 0.401. The minimum atomic E-state index is -1.05. The fourth-order valence-corrected chi connectivity index (χ4v) is 2.91. The number of nitrogen functional groups attached to an aromatic ring is 1. The van der Waals surface area contributed by atoms with Gasteiger partial charge in [-0.3, -0.25) is 10.2 Å². The van der Waals surface area contributed by atoms with E-state index in [9.17, 15) is 14.7 Å². The van der Waals surface area contributed by atoms with Crippen molar-refractivity contribution in [2.75, 3.05) is 5.32 Å². The maximum Gasteiger partial charge on any atom is 0.336 e. The van der Waals surface area contributed by atoms with Crippen molar-refractivity contribution >= 4 is 23.4 Å². The molecule has 0 aliphatic heterocycles. The number of carboxylic acid groups (broad SMARTS) is 1. The third kappa shape index (κ3) is 3.91. The molecular weight excluding hydrogens is 354 g/mol. The SMILES string of the molecule is Cc1ccc(C(=O)O)c(-c2ccccc2C(=O)Nc2ccc(C(=N)N)cc2)c1. The number of carbonyl (C=O) groups is 2. The van der Waals surface area contributed by atoms with Gasteiger partial charge in [0.05, 0.1) is 5.56 Å². The highest BCUT2D eigenvalue weighted by Crippen LogP contribution is 2.29. The van der Waals surface area contributed by atoms with Crippen molar-refractivity contribution in [3.63, 3.8) is 0 Å². The van der Waals surface area contributed by atoms with Crippen LogP contribution in [0.5, 0.6) is 0 Å². The van der Waals surface area contributed by atoms with Crippen molar-refractivity contribution in [1.29, 1.82) is 5.41 Å². The molecule has 5 N–H and O–H groups in total. The molecule has 6 nitrogen and oxygen atoms in total. The lowest BCUT2D eigenvalue weighted by Gasteiger charge is -2.13. The van der Waals surface area contributed by atoms with E-state index >= 15 is 0 Å². The number of anilines is 1. The Morgan fingerprint density at radius 2 is 1.61 bits per heavy atom. The van der Waals surface area contributed by atoms with Crippen molar-refractivity contribution in [2.45, 2.75) is 6.92 Å². The Balaban J connectivity index is 1.99. The topological polar surface area (TPSA) is 116 Å². The number of amidine groups is 1. The summed E-state index contributed by atoms with van der Waals surface area (Å²) in [5.41, 5.74) is 8.98. The lowest BCUT2D eigenvalue weighted by Crippen LogP contribution is -2.14. The zero-order valence-corrected chi connectivity index (χ0v) is 15.2. The van der Waals surface area contributed by atoms with Gasteiger partial charge in [-0.15, -0.1) is 0 Å². The molecule has 0 aromatic heterocycles. The first-order valence-corrected chi connectivity index (χ1v) is 8.56. The molecular formula is C22H19N3O3. The van der Waals surface area contributed by atoms with Crippen LogP contribution in [-0.4, -0.2) is 22.8 Å². The van der Waals surface area contributed by atoms with Gasteiger partial charge in [0.2, 0.25) is 0 Å². The molecule has 0 bridgehead atoms. The van der Waals surface area contributed by atoms with E-state index in [1.165, 1.54) is 0 Å². The highest BCUT2D eigenvalue weighted by Gasteiger charge is 2.18. The van der Waals surface area contributed by atoms with Crippen molar-refractivity contribution in [1.82, 2.24) is 0 Å². The maximum atomic E-state index is 12.9. The van der Waals surface area contributed by atoms with Crippen LogP contribution in [0.25, 0.3) is 11.1 Å². The Morgan fingerprint density at radius 3 is 2.25 bits per heavy atom. The summed E-state index contributed by atoms with van der Waals surface area (Å²) in [7, 11) is 0. The van der Waals surface area contributed by atoms with E-state index < -0.39 is 5.97 Å². The number of nitrogens with two attached hydrogens (primary N) is 1. The van der Waals surface area contributed by atoms with Gasteiger partial charge in [-0.2, -0.15) is 0 Å². The Labute approximate surface area is 162 Å². The van der Waals surface area contributed by atoms with Gasteiger partial charge in [0.1, 0.15) is 5.84 Å². The molecule has 28 heavy (non-hydrogen) atoms. The van der Waals surface area contributed by atoms with Gasteiger partial charge in [0, 0.05) is 16.8 Å². The monoisotopic (exact) mass is 373 g/mol. The van der Waals surface area contributed by atoms with Crippen LogP contribution in [0, 0.1) is 12.3 Å². The highest BCUT2D eigenvalue weighted by molar-refractivity contribution is 6.10. The second kappa shape index (κ2) is 7.75. The molecule has 3 aromatic rings. The first-order valence-electron chi connectivity index (χ1n) is 8.56. The summed E-state index contributed by atoms with van der Waals surface area (Å²) in [6.07, 6.45) is 0. The molecule has 1 amide bonds. The van der Waals surface area contributed by atoms with Crippen LogP contribution < -0.4 is 11.1 Å². The normalized spacial score (nSPS) is 10.3. The van der Waals surface area contributed by atoms with Crippen molar-refractivity contribution < 1.29 is 14.7 Å². The fourth-order valence-electron chi connectivity index (χ4n) is 2.91. The standard InChI is InChI=1S/C22H19N3O3/c1-13-6-11-18(22(27)28)19(12-13)16-4-2-3-5-17(16)21(26)25-15-9-7-14(8-10-15)20(23)24/h2-12H,1H3,(H3,23,24)(H,25,26)(H,27,28). The summed E-state index contributed by atoms with van der Waals surface area (Å²) >= 11 is 0. The summed E-state index contributed by atoms with van der Waals surface area (Å²) in [5.74, 6) is -1.46. The molecule has 0 fully saturated rings. The zero-order chi connectivity index (χ0) is 20.3. The van der Waals surface area contributed by atoms with E-state index in [1.807, 2.05) is 6.92 Å². The number of amides is 1. The fraction of sp³-hybridized carbons (Fsp3) is 0.0455. The predicted octanol–water partition coefficient (Wildman–Crippen LogP) is 3.90. The molecule has 0 heterocycles. The lowest BCUT2D eigenvalue weighted by atomic mass is 9.93. The van der Waals surface area contributed by atoms with E-state index in [-0.39, 0.29) is 17.3 Å². The van der Waals surface area contributed by atoms with Gasteiger partial charge in [-0.1, -0.05) is 35.9 Å². The Bertz CT molecular complexity index is 1070. The molecule has 3 aromatic carbocycles. The summed E-state index contributed by atoms with van der Waals surface area (Å²) in [6.45, 7) is 1.87. The van der Waals surface area contributed by atoms with Crippen LogP contribution in [-0.2, 0) is 0 Å². The van der Waals surface area contributed by atoms with Gasteiger partial charge in [0.15, 0.2) is 0 Å². The summed E-state index contributed by atoms with van der Waals surface area (Å²) in [4.78, 5) is 24.5. The molecule has 0 radical (unpaired) electrons. The van der Waals surface area contributed by atoms with Crippen molar-refractivity contribution in [2.24, 2.45) is 5.73 Å². The minimum Gasteiger partial charge on any atom is -0.478 e. The molecule has 0 atom stereocenters. The van der Waals surface area contributed by atoms with Crippen LogP contribution in [0.15, 0.2) is 66.7 Å². The minimum absolute atomic E-state index is 0.0520. The number of aromatic carboxylic acids is 1. The highest BCUT2D eigenvalue weighted by atomic mass is 16.4. The Kier molecular flexibility index (Phi) is 5.22. The Morgan fingerprint density at radius 1 is 0.929 bits per heavy atom. The number of benzene rings is 3. The number of nitrogens with one attached hydrogen (secondary N) is 2. The molecule has 3 rings (SSSR count). The lowest BCUT2D eigenvalue weighted by molar-refractivity contribution is 0.0697. The third-order valence-corrected chi connectivity index (χ3v) is 4.32. The molecule has 140 valence electrons. The number of carboxylic acids is 1. The smallest absolute Gasteiger partial charge is 0.336 e. The van der Waals surface area contributed by atoms with Gasteiger partial charge in [-0.05, 0) is 54.4 Å². The van der Waals surface area contributed by atoms with Crippen molar-refractivity contribution in [3.05, 3.63) is 89.0 Å².